The maximum Gasteiger partial charge on any atom is 0.511 e. The minimum absolute atomic E-state index is 0.00500. The molecule has 2 aromatic carbocycles. The molecule has 1 aromatic heterocycles. The third-order valence-electron chi connectivity index (χ3n) is 6.15. The highest BCUT2D eigenvalue weighted by atomic mass is 35.5. The number of aromatic nitrogens is 1. The smallest absolute Gasteiger partial charge is 0.449 e. The van der Waals surface area contributed by atoms with Crippen LogP contribution in [0.2, 0.25) is 5.02 Å². The first-order valence-corrected chi connectivity index (χ1v) is 13.2. The van der Waals surface area contributed by atoms with Crippen LogP contribution in [-0.2, 0) is 10.1 Å². The number of pyridine rings is 1. The van der Waals surface area contributed by atoms with Gasteiger partial charge in [-0.3, -0.25) is 9.35 Å². The monoisotopic (exact) mass is 553 g/mol. The van der Waals surface area contributed by atoms with E-state index in [0.29, 0.717) is 18.6 Å². The highest BCUT2D eigenvalue weighted by Crippen LogP contribution is 2.43. The van der Waals surface area contributed by atoms with E-state index in [1.807, 2.05) is 6.92 Å². The van der Waals surface area contributed by atoms with Crippen LogP contribution in [0.25, 0.3) is 10.9 Å². The number of rotatable bonds is 4. The van der Waals surface area contributed by atoms with Crippen LogP contribution < -0.4 is 20.8 Å². The van der Waals surface area contributed by atoms with Gasteiger partial charge in [0.25, 0.3) is 10.1 Å². The molecule has 1 atom stereocenters. The van der Waals surface area contributed by atoms with Gasteiger partial charge in [0.15, 0.2) is 5.75 Å². The summed E-state index contributed by atoms with van der Waals surface area (Å²) in [5, 5.41) is 8.99. The van der Waals surface area contributed by atoms with E-state index in [4.69, 9.17) is 27.0 Å². The summed E-state index contributed by atoms with van der Waals surface area (Å²) in [6, 6.07) is 7.11. The summed E-state index contributed by atoms with van der Waals surface area (Å²) in [5.74, 6) is -0.994. The van der Waals surface area contributed by atoms with E-state index < -0.39 is 27.5 Å². The molecule has 0 amide bonds. The standard InChI is InChI=1S/C17H17ClFN3O4.C7H8O3S/c18-13-14-10(5-11(19)15(13)21-4-3-8(20)6-21)16(23)12(26-17(24)25)7-22(14)9-1-2-9;1-6-2-4-7(5-3-6)11(8,9)10/h5,7-9H,1-4,6,20H2,(H,24,25);2-5H,1H3,(H,8,9,10). The van der Waals surface area contributed by atoms with E-state index in [1.165, 1.54) is 18.3 Å². The molecule has 0 spiro atoms. The van der Waals surface area contributed by atoms with Gasteiger partial charge in [-0.05, 0) is 44.4 Å². The first-order valence-electron chi connectivity index (χ1n) is 11.4. The lowest BCUT2D eigenvalue weighted by molar-refractivity contribution is 0.143. The van der Waals surface area contributed by atoms with Gasteiger partial charge in [0.1, 0.15) is 5.82 Å². The molecule has 1 saturated heterocycles. The third kappa shape index (κ3) is 5.87. The van der Waals surface area contributed by atoms with Crippen molar-refractivity contribution < 1.29 is 32.0 Å². The molecule has 10 nitrogen and oxygen atoms in total. The Kier molecular flexibility index (Phi) is 7.47. The molecule has 5 rings (SSSR count). The lowest BCUT2D eigenvalue weighted by atomic mass is 10.1. The molecule has 198 valence electrons. The van der Waals surface area contributed by atoms with E-state index in [0.717, 1.165) is 30.9 Å². The number of hydrogen-bond acceptors (Lipinski definition) is 7. The SMILES string of the molecule is Cc1ccc(S(=O)(=O)O)cc1.NC1CCN(c2c(F)cc3c(=O)c(OC(=O)O)cn(C4CC4)c3c2Cl)C1. The molecule has 37 heavy (non-hydrogen) atoms. The maximum absolute atomic E-state index is 14.8. The molecule has 13 heteroatoms. The van der Waals surface area contributed by atoms with Crippen LogP contribution in [0.15, 0.2) is 46.2 Å². The quantitative estimate of drug-likeness (QED) is 0.322. The van der Waals surface area contributed by atoms with Crippen molar-refractivity contribution in [2.45, 2.75) is 43.2 Å². The molecular weight excluding hydrogens is 529 g/mol. The van der Waals surface area contributed by atoms with Gasteiger partial charge in [-0.2, -0.15) is 8.42 Å². The molecule has 1 aliphatic heterocycles. The van der Waals surface area contributed by atoms with Gasteiger partial charge in [0.05, 0.1) is 32.7 Å². The van der Waals surface area contributed by atoms with Crippen LogP contribution in [0.4, 0.5) is 14.9 Å². The molecule has 1 unspecified atom stereocenters. The molecule has 1 saturated carbocycles. The zero-order valence-electron chi connectivity index (χ0n) is 19.7. The fourth-order valence-electron chi connectivity index (χ4n) is 4.20. The number of carboxylic acid groups (broad SMARTS) is 1. The van der Waals surface area contributed by atoms with Crippen LogP contribution in [-0.4, -0.2) is 47.9 Å². The van der Waals surface area contributed by atoms with Crippen molar-refractivity contribution in [1.82, 2.24) is 4.57 Å². The second-order valence-electron chi connectivity index (χ2n) is 9.03. The van der Waals surface area contributed by atoms with Crippen LogP contribution in [0.3, 0.4) is 0 Å². The van der Waals surface area contributed by atoms with Crippen molar-refractivity contribution in [3.8, 4) is 5.75 Å². The summed E-state index contributed by atoms with van der Waals surface area (Å²) in [7, 11) is -4.02. The molecule has 1 aliphatic carbocycles. The Hall–Kier alpha value is -3.19. The van der Waals surface area contributed by atoms with E-state index in [2.05, 4.69) is 4.74 Å². The highest BCUT2D eigenvalue weighted by molar-refractivity contribution is 7.85. The van der Waals surface area contributed by atoms with Crippen molar-refractivity contribution in [3.05, 3.63) is 63.2 Å². The number of hydrogen-bond donors (Lipinski definition) is 3. The van der Waals surface area contributed by atoms with E-state index >= 15 is 0 Å². The Bertz CT molecular complexity index is 1520. The van der Waals surface area contributed by atoms with Gasteiger partial charge in [-0.1, -0.05) is 29.3 Å². The van der Waals surface area contributed by atoms with Crippen molar-refractivity contribution in [2.24, 2.45) is 5.73 Å². The predicted octanol–water partition coefficient (Wildman–Crippen LogP) is 3.96. The van der Waals surface area contributed by atoms with Crippen LogP contribution in [0, 0.1) is 12.7 Å². The third-order valence-corrected chi connectivity index (χ3v) is 7.37. The van der Waals surface area contributed by atoms with E-state index in [9.17, 15) is 22.4 Å². The van der Waals surface area contributed by atoms with Crippen molar-refractivity contribution in [1.29, 1.82) is 0 Å². The average Bonchev–Trinajstić information content (AvgIpc) is 3.57. The summed E-state index contributed by atoms with van der Waals surface area (Å²) < 4.78 is 50.7. The molecule has 3 aromatic rings. The molecule has 0 bridgehead atoms. The lowest BCUT2D eigenvalue weighted by Crippen LogP contribution is -2.27. The number of ether oxygens (including phenoxy) is 1. The van der Waals surface area contributed by atoms with Crippen LogP contribution in [0.1, 0.15) is 30.9 Å². The van der Waals surface area contributed by atoms with Crippen molar-refractivity contribution in [3.63, 3.8) is 0 Å². The van der Waals surface area contributed by atoms with Crippen LogP contribution in [0.5, 0.6) is 5.75 Å². The Morgan fingerprint density at radius 1 is 1.22 bits per heavy atom. The van der Waals surface area contributed by atoms with Gasteiger partial charge in [0.2, 0.25) is 5.43 Å². The molecular formula is C24H25ClFN3O7S. The Labute approximate surface area is 216 Å². The van der Waals surface area contributed by atoms with Crippen molar-refractivity contribution >= 4 is 44.5 Å². The van der Waals surface area contributed by atoms with Crippen molar-refractivity contribution in [2.75, 3.05) is 18.0 Å². The molecule has 4 N–H and O–H groups in total. The van der Waals surface area contributed by atoms with Gasteiger partial charge < -0.3 is 25.0 Å². The fourth-order valence-corrected chi connectivity index (χ4v) is 5.09. The Balaban J connectivity index is 0.000000245. The molecule has 2 heterocycles. The summed E-state index contributed by atoms with van der Waals surface area (Å²) >= 11 is 6.54. The molecule has 2 fully saturated rings. The molecule has 2 aliphatic rings. The van der Waals surface area contributed by atoms with E-state index in [1.54, 1.807) is 21.6 Å². The van der Waals surface area contributed by atoms with Gasteiger partial charge in [-0.25, -0.2) is 9.18 Å². The second-order valence-corrected chi connectivity index (χ2v) is 10.8. The average molecular weight is 554 g/mol. The van der Waals surface area contributed by atoms with E-state index in [-0.39, 0.29) is 38.8 Å². The number of benzene rings is 2. The summed E-state index contributed by atoms with van der Waals surface area (Å²) in [6.45, 7) is 2.90. The minimum atomic E-state index is -4.02. The number of nitrogens with zero attached hydrogens (tertiary/aromatic N) is 2. The molecule has 0 radical (unpaired) electrons. The normalized spacial score (nSPS) is 17.4. The number of fused-ring (bicyclic) bond motifs is 1. The fraction of sp³-hybridized carbons (Fsp3) is 0.333. The Morgan fingerprint density at radius 2 is 1.86 bits per heavy atom. The minimum Gasteiger partial charge on any atom is -0.449 e. The first kappa shape index (κ1) is 26.9. The first-order chi connectivity index (χ1) is 17.4. The maximum atomic E-state index is 14.8. The second kappa shape index (κ2) is 10.3. The number of nitrogens with two attached hydrogens (primary N) is 1. The number of halogens is 2. The summed E-state index contributed by atoms with van der Waals surface area (Å²) in [6.07, 6.45) is 2.21. The largest absolute Gasteiger partial charge is 0.511 e. The topological polar surface area (TPSA) is 152 Å². The summed E-state index contributed by atoms with van der Waals surface area (Å²) in [4.78, 5) is 25.2. The van der Waals surface area contributed by atoms with Gasteiger partial charge in [-0.15, -0.1) is 0 Å². The van der Waals surface area contributed by atoms with Gasteiger partial charge >= 0.3 is 6.16 Å². The van der Waals surface area contributed by atoms with Gasteiger partial charge in [0, 0.05) is 25.2 Å². The number of carbonyl (C=O) groups is 1. The van der Waals surface area contributed by atoms with Crippen LogP contribution >= 0.6 is 11.6 Å². The zero-order chi connectivity index (χ0) is 27.1. The number of aryl methyl sites for hydroxylation is 1. The zero-order valence-corrected chi connectivity index (χ0v) is 21.3. The highest BCUT2D eigenvalue weighted by Gasteiger charge is 2.31. The lowest BCUT2D eigenvalue weighted by Gasteiger charge is -2.23. The number of anilines is 1. The predicted molar refractivity (Wildman–Crippen MR) is 136 cm³/mol. The summed E-state index contributed by atoms with van der Waals surface area (Å²) in [5.41, 5.74) is 6.80. The Morgan fingerprint density at radius 3 is 2.38 bits per heavy atom.